The maximum atomic E-state index is 4.17. The fourth-order valence-electron chi connectivity index (χ4n) is 0.603. The number of aryl methyl sites for hydroxylation is 1. The van der Waals surface area contributed by atoms with Crippen molar-refractivity contribution >= 4 is 34.4 Å². The summed E-state index contributed by atoms with van der Waals surface area (Å²) in [5.74, 6) is 0. The number of aromatic nitrogens is 1. The second kappa shape index (κ2) is 4.18. The summed E-state index contributed by atoms with van der Waals surface area (Å²) in [6, 6.07) is 4.14. The van der Waals surface area contributed by atoms with Gasteiger partial charge in [0, 0.05) is 16.8 Å². The molecule has 1 aromatic rings. The summed E-state index contributed by atoms with van der Waals surface area (Å²) >= 11 is 4.14. The Kier molecular flexibility index (Phi) is 3.48. The minimum Gasteiger partial charge on any atom is -0.260 e. The molecule has 0 N–H and O–H groups in total. The van der Waals surface area contributed by atoms with Gasteiger partial charge in [0.1, 0.15) is 0 Å². The third-order valence-electron chi connectivity index (χ3n) is 1.11. The van der Waals surface area contributed by atoms with E-state index < -0.39 is 0 Å². The minimum atomic E-state index is 1.08. The second-order valence-electron chi connectivity index (χ2n) is 1.89. The van der Waals surface area contributed by atoms with Crippen molar-refractivity contribution in [3.63, 3.8) is 0 Å². The summed E-state index contributed by atoms with van der Waals surface area (Å²) in [5.41, 5.74) is 1.08. The molecule has 0 radical (unpaired) electrons. The summed E-state index contributed by atoms with van der Waals surface area (Å²) in [7, 11) is 0. The number of pyridine rings is 1. The van der Waals surface area contributed by atoms with Gasteiger partial charge < -0.3 is 0 Å². The predicted octanol–water partition coefficient (Wildman–Crippen LogP) is 2.87. The molecule has 0 aliphatic heterocycles. The Labute approximate surface area is 78.8 Å². The van der Waals surface area contributed by atoms with E-state index >= 15 is 0 Å². The monoisotopic (exact) mass is 265 g/mol. The molecule has 0 aromatic carbocycles. The van der Waals surface area contributed by atoms with Gasteiger partial charge in [-0.15, -0.1) is 11.8 Å². The number of rotatable bonds is 2. The Morgan fingerprint density at radius 1 is 1.60 bits per heavy atom. The lowest BCUT2D eigenvalue weighted by Crippen LogP contribution is -1.78. The highest BCUT2D eigenvalue weighted by Gasteiger charge is 1.90. The highest BCUT2D eigenvalue weighted by atomic mass is 127. The number of nitrogens with zero attached hydrogens (tertiary/aromatic N) is 1. The highest BCUT2D eigenvalue weighted by molar-refractivity contribution is 14.1. The largest absolute Gasteiger partial charge is 0.260 e. The molecule has 0 unspecified atom stereocenters. The van der Waals surface area contributed by atoms with E-state index in [1.807, 2.05) is 30.9 Å². The van der Waals surface area contributed by atoms with Gasteiger partial charge in [0.2, 0.25) is 0 Å². The lowest BCUT2D eigenvalue weighted by molar-refractivity contribution is 1.15. The van der Waals surface area contributed by atoms with Crippen molar-refractivity contribution in [3.05, 3.63) is 24.0 Å². The lowest BCUT2D eigenvalue weighted by atomic mass is 10.4. The summed E-state index contributed by atoms with van der Waals surface area (Å²) in [6.07, 6.45) is 1.92. The van der Waals surface area contributed by atoms with E-state index in [9.17, 15) is 0 Å². The number of thioether (sulfide) groups is 1. The van der Waals surface area contributed by atoms with Crippen LogP contribution in [0.1, 0.15) is 5.69 Å². The van der Waals surface area contributed by atoms with Gasteiger partial charge in [-0.25, -0.2) is 0 Å². The average molecular weight is 265 g/mol. The predicted molar refractivity (Wildman–Crippen MR) is 53.7 cm³/mol. The molecule has 1 rings (SSSR count). The van der Waals surface area contributed by atoms with Crippen LogP contribution in [0.25, 0.3) is 0 Å². The number of hydrogen-bond acceptors (Lipinski definition) is 2. The van der Waals surface area contributed by atoms with E-state index in [-0.39, 0.29) is 0 Å². The van der Waals surface area contributed by atoms with Crippen molar-refractivity contribution in [2.45, 2.75) is 11.8 Å². The topological polar surface area (TPSA) is 12.9 Å². The maximum absolute atomic E-state index is 4.17. The molecule has 1 heterocycles. The van der Waals surface area contributed by atoms with Gasteiger partial charge in [-0.1, -0.05) is 22.6 Å². The van der Waals surface area contributed by atoms with Crippen LogP contribution in [0.3, 0.4) is 0 Å². The van der Waals surface area contributed by atoms with Crippen molar-refractivity contribution in [2.75, 3.05) is 3.76 Å². The number of halogens is 1. The van der Waals surface area contributed by atoms with Crippen LogP contribution in [0.4, 0.5) is 0 Å². The molecule has 1 nitrogen and oxygen atoms in total. The van der Waals surface area contributed by atoms with Crippen molar-refractivity contribution in [1.82, 2.24) is 4.98 Å². The lowest BCUT2D eigenvalue weighted by Gasteiger charge is -1.95. The SMILES string of the molecule is Cc1ccc(SCI)cn1. The van der Waals surface area contributed by atoms with Crippen LogP contribution in [0.15, 0.2) is 23.2 Å². The molecule has 0 fully saturated rings. The molecule has 0 amide bonds. The van der Waals surface area contributed by atoms with Gasteiger partial charge in [-0.05, 0) is 19.1 Å². The molecule has 3 heteroatoms. The van der Waals surface area contributed by atoms with E-state index in [0.717, 1.165) is 9.45 Å². The zero-order valence-electron chi connectivity index (χ0n) is 5.67. The van der Waals surface area contributed by atoms with Gasteiger partial charge in [-0.3, -0.25) is 4.98 Å². The molecule has 54 valence electrons. The van der Waals surface area contributed by atoms with E-state index in [2.05, 4.69) is 33.6 Å². The molecule has 0 saturated carbocycles. The molecule has 0 atom stereocenters. The summed E-state index contributed by atoms with van der Waals surface area (Å²) < 4.78 is 1.09. The number of alkyl halides is 1. The van der Waals surface area contributed by atoms with Gasteiger partial charge >= 0.3 is 0 Å². The molecule has 10 heavy (non-hydrogen) atoms. The molecule has 0 aliphatic rings. The van der Waals surface area contributed by atoms with E-state index in [0.29, 0.717) is 0 Å². The van der Waals surface area contributed by atoms with Crippen LogP contribution in [-0.4, -0.2) is 8.74 Å². The van der Waals surface area contributed by atoms with Crippen LogP contribution < -0.4 is 0 Å². The smallest absolute Gasteiger partial charge is 0.0502 e. The van der Waals surface area contributed by atoms with Crippen molar-refractivity contribution < 1.29 is 0 Å². The molecule has 1 aromatic heterocycles. The van der Waals surface area contributed by atoms with Crippen molar-refractivity contribution in [2.24, 2.45) is 0 Å². The van der Waals surface area contributed by atoms with Gasteiger partial charge in [-0.2, -0.15) is 0 Å². The zero-order valence-corrected chi connectivity index (χ0v) is 8.65. The molecule has 0 aliphatic carbocycles. The maximum Gasteiger partial charge on any atom is 0.0502 e. The zero-order chi connectivity index (χ0) is 7.40. The quantitative estimate of drug-likeness (QED) is 0.463. The Balaban J connectivity index is 2.69. The van der Waals surface area contributed by atoms with Gasteiger partial charge in [0.05, 0.1) is 3.76 Å². The third kappa shape index (κ3) is 2.46. The van der Waals surface area contributed by atoms with Gasteiger partial charge in [0.15, 0.2) is 0 Å². The van der Waals surface area contributed by atoms with Crippen molar-refractivity contribution in [3.8, 4) is 0 Å². The van der Waals surface area contributed by atoms with Crippen LogP contribution in [0.5, 0.6) is 0 Å². The Morgan fingerprint density at radius 2 is 2.40 bits per heavy atom. The Bertz CT molecular complexity index is 197. The molecule has 0 spiro atoms. The Morgan fingerprint density at radius 3 is 2.90 bits per heavy atom. The summed E-state index contributed by atoms with van der Waals surface area (Å²) in [6.45, 7) is 2.00. The van der Waals surface area contributed by atoms with Gasteiger partial charge in [0.25, 0.3) is 0 Å². The first-order valence-electron chi connectivity index (χ1n) is 2.94. The molecular weight excluding hydrogens is 257 g/mol. The Hall–Kier alpha value is 0.230. The highest BCUT2D eigenvalue weighted by Crippen LogP contribution is 2.18. The average Bonchev–Trinajstić information content (AvgIpc) is 1.95. The molecule has 0 bridgehead atoms. The normalized spacial score (nSPS) is 9.80. The van der Waals surface area contributed by atoms with E-state index in [1.54, 1.807) is 0 Å². The fraction of sp³-hybridized carbons (Fsp3) is 0.286. The van der Waals surface area contributed by atoms with Crippen LogP contribution in [0, 0.1) is 6.92 Å². The minimum absolute atomic E-state index is 1.08. The molecular formula is C7H8INS. The third-order valence-corrected chi connectivity index (χ3v) is 2.72. The van der Waals surface area contributed by atoms with Crippen LogP contribution in [0.2, 0.25) is 0 Å². The van der Waals surface area contributed by atoms with E-state index in [4.69, 9.17) is 0 Å². The summed E-state index contributed by atoms with van der Waals surface area (Å²) in [5, 5.41) is 0. The first-order chi connectivity index (χ1) is 4.83. The van der Waals surface area contributed by atoms with E-state index in [1.165, 1.54) is 4.90 Å². The van der Waals surface area contributed by atoms with Crippen LogP contribution in [-0.2, 0) is 0 Å². The number of hydrogen-bond donors (Lipinski definition) is 0. The first-order valence-corrected chi connectivity index (χ1v) is 5.45. The molecule has 0 saturated heterocycles. The van der Waals surface area contributed by atoms with Crippen molar-refractivity contribution in [1.29, 1.82) is 0 Å². The summed E-state index contributed by atoms with van der Waals surface area (Å²) in [4.78, 5) is 5.42. The standard InChI is InChI=1S/C7H8INS/c1-6-2-3-7(4-9-6)10-5-8/h2-4H,5H2,1H3. The fourth-order valence-corrected chi connectivity index (χ4v) is 2.10. The van der Waals surface area contributed by atoms with Crippen LogP contribution >= 0.6 is 34.4 Å². The second-order valence-corrected chi connectivity index (χ2v) is 4.74. The first kappa shape index (κ1) is 8.33.